The van der Waals surface area contributed by atoms with Crippen LogP contribution in [0.25, 0.3) is 22.3 Å². The summed E-state index contributed by atoms with van der Waals surface area (Å²) < 4.78 is 19.9. The summed E-state index contributed by atoms with van der Waals surface area (Å²) in [5.41, 5.74) is 5.38. The third-order valence-corrected chi connectivity index (χ3v) is 9.77. The highest BCUT2D eigenvalue weighted by Gasteiger charge is 2.62. The molecule has 0 saturated heterocycles. The Kier molecular flexibility index (Phi) is 6.31. The van der Waals surface area contributed by atoms with E-state index >= 15 is 0 Å². The number of furan rings is 1. The molecule has 8 nitrogen and oxygen atoms in total. The maximum absolute atomic E-state index is 11.9. The Hall–Kier alpha value is -5.50. The van der Waals surface area contributed by atoms with Gasteiger partial charge in [-0.25, -0.2) is 0 Å². The molecular weight excluding hydrogens is 596 g/mol. The zero-order valence-electron chi connectivity index (χ0n) is 26.1. The van der Waals surface area contributed by atoms with Crippen molar-refractivity contribution in [1.29, 1.82) is 0 Å². The molecule has 0 radical (unpaired) electrons. The van der Waals surface area contributed by atoms with Gasteiger partial charge in [0.1, 0.15) is 51.6 Å². The normalized spacial score (nSPS) is 22.3. The summed E-state index contributed by atoms with van der Waals surface area (Å²) in [6, 6.07) is 18.4. The summed E-state index contributed by atoms with van der Waals surface area (Å²) in [5, 5.41) is 55.8. The van der Waals surface area contributed by atoms with Crippen LogP contribution in [0.5, 0.6) is 40.2 Å². The third-order valence-electron chi connectivity index (χ3n) is 9.77. The number of phenolic OH excluding ortho intramolecular Hbond substituents is 5. The topological polar surface area (TPSA) is 133 Å². The van der Waals surface area contributed by atoms with E-state index in [1.807, 2.05) is 32.1 Å². The molecule has 3 heterocycles. The summed E-state index contributed by atoms with van der Waals surface area (Å²) in [5.74, 6) is -1.39. The van der Waals surface area contributed by atoms with E-state index in [-0.39, 0.29) is 40.6 Å². The van der Waals surface area contributed by atoms with Crippen LogP contribution in [0, 0.1) is 5.92 Å². The predicted molar refractivity (Wildman–Crippen MR) is 176 cm³/mol. The van der Waals surface area contributed by atoms with Crippen LogP contribution in [0.15, 0.2) is 94.4 Å². The van der Waals surface area contributed by atoms with Gasteiger partial charge in [-0.3, -0.25) is 0 Å². The molecule has 1 aliphatic carbocycles. The van der Waals surface area contributed by atoms with Crippen LogP contribution in [0.1, 0.15) is 61.3 Å². The number of phenols is 5. The maximum atomic E-state index is 11.9. The second-order valence-electron chi connectivity index (χ2n) is 13.2. The fourth-order valence-corrected chi connectivity index (χ4v) is 7.71. The lowest BCUT2D eigenvalue weighted by molar-refractivity contribution is -0.198. The first-order chi connectivity index (χ1) is 22.5. The van der Waals surface area contributed by atoms with Gasteiger partial charge in [-0.2, -0.15) is 0 Å². The fourth-order valence-electron chi connectivity index (χ4n) is 7.71. The number of allylic oxidation sites excluding steroid dienone is 4. The summed E-state index contributed by atoms with van der Waals surface area (Å²) in [4.78, 5) is 0. The first kappa shape index (κ1) is 28.9. The molecule has 5 aromatic rings. The first-order valence-corrected chi connectivity index (χ1v) is 15.7. The zero-order valence-corrected chi connectivity index (χ0v) is 26.1. The lowest BCUT2D eigenvalue weighted by atomic mass is 9.61. The molecule has 2 aliphatic heterocycles. The number of hydrogen-bond acceptors (Lipinski definition) is 8. The minimum atomic E-state index is -1.61. The predicted octanol–water partition coefficient (Wildman–Crippen LogP) is 8.61. The van der Waals surface area contributed by atoms with Gasteiger partial charge in [0, 0.05) is 46.0 Å². The van der Waals surface area contributed by atoms with E-state index in [0.29, 0.717) is 57.9 Å². The summed E-state index contributed by atoms with van der Waals surface area (Å²) in [7, 11) is 0. The van der Waals surface area contributed by atoms with Crippen molar-refractivity contribution < 1.29 is 39.4 Å². The molecule has 0 unspecified atom stereocenters. The molecule has 4 atom stereocenters. The second kappa shape index (κ2) is 10.3. The van der Waals surface area contributed by atoms with Crippen LogP contribution in [-0.4, -0.2) is 25.5 Å². The van der Waals surface area contributed by atoms with Gasteiger partial charge >= 0.3 is 0 Å². The van der Waals surface area contributed by atoms with Crippen molar-refractivity contribution in [2.45, 2.75) is 51.2 Å². The average Bonchev–Trinajstić information content (AvgIpc) is 3.43. The molecule has 1 aromatic heterocycles. The fraction of sp³-hybridized carbons (Fsp3) is 0.231. The zero-order chi connectivity index (χ0) is 32.8. The Morgan fingerprint density at radius 2 is 1.62 bits per heavy atom. The SMILES string of the molecule is CC(C)=CCc1c(O)ccc([C@]23Oc4cc(O)ccc4[C@H]4CC(C)=C[C@H](c5c(O)cc(-c6cc7ccc(O)cc7o6)cc5O2)[C@@H]43)c1O. The van der Waals surface area contributed by atoms with Crippen LogP contribution >= 0.6 is 0 Å². The van der Waals surface area contributed by atoms with Gasteiger partial charge in [-0.1, -0.05) is 29.4 Å². The van der Waals surface area contributed by atoms with Gasteiger partial charge in [0.15, 0.2) is 0 Å². The molecule has 8 heteroatoms. The lowest BCUT2D eigenvalue weighted by Gasteiger charge is -2.55. The number of rotatable bonds is 4. The maximum Gasteiger partial charge on any atom is 0.285 e. The molecule has 0 saturated carbocycles. The molecule has 5 N–H and O–H groups in total. The van der Waals surface area contributed by atoms with E-state index in [1.54, 1.807) is 48.5 Å². The molecule has 238 valence electrons. The van der Waals surface area contributed by atoms with Gasteiger partial charge < -0.3 is 39.4 Å². The smallest absolute Gasteiger partial charge is 0.285 e. The average molecular weight is 631 g/mol. The van der Waals surface area contributed by atoms with Gasteiger partial charge in [-0.15, -0.1) is 0 Å². The minimum absolute atomic E-state index is 0.0276. The van der Waals surface area contributed by atoms with Crippen molar-refractivity contribution >= 4 is 11.0 Å². The van der Waals surface area contributed by atoms with Crippen molar-refractivity contribution in [2.24, 2.45) is 5.92 Å². The van der Waals surface area contributed by atoms with Crippen LogP contribution in [0.3, 0.4) is 0 Å². The highest BCUT2D eigenvalue weighted by Crippen LogP contribution is 2.65. The molecule has 0 spiro atoms. The van der Waals surface area contributed by atoms with Crippen LogP contribution in [0.4, 0.5) is 0 Å². The summed E-state index contributed by atoms with van der Waals surface area (Å²) >= 11 is 0. The third kappa shape index (κ3) is 4.42. The van der Waals surface area contributed by atoms with E-state index < -0.39 is 11.7 Å². The Balaban J connectivity index is 1.38. The lowest BCUT2D eigenvalue weighted by Crippen LogP contribution is -2.56. The van der Waals surface area contributed by atoms with Crippen molar-refractivity contribution in [3.63, 3.8) is 0 Å². The second-order valence-corrected chi connectivity index (χ2v) is 13.2. The van der Waals surface area contributed by atoms with Gasteiger partial charge in [-0.05, 0) is 87.7 Å². The highest BCUT2D eigenvalue weighted by molar-refractivity contribution is 5.84. The largest absolute Gasteiger partial charge is 0.508 e. The number of hydrogen-bond donors (Lipinski definition) is 5. The molecular formula is C39H34O8. The van der Waals surface area contributed by atoms with Gasteiger partial charge in [0.05, 0.1) is 11.5 Å². The molecule has 47 heavy (non-hydrogen) atoms. The van der Waals surface area contributed by atoms with E-state index in [0.717, 1.165) is 22.1 Å². The van der Waals surface area contributed by atoms with Crippen molar-refractivity contribution in [1.82, 2.24) is 0 Å². The van der Waals surface area contributed by atoms with Gasteiger partial charge in [0.25, 0.3) is 5.79 Å². The Morgan fingerprint density at radius 3 is 2.43 bits per heavy atom. The first-order valence-electron chi connectivity index (χ1n) is 15.7. The van der Waals surface area contributed by atoms with Crippen molar-refractivity contribution in [3.8, 4) is 51.6 Å². The minimum Gasteiger partial charge on any atom is -0.508 e. The van der Waals surface area contributed by atoms with E-state index in [2.05, 4.69) is 13.0 Å². The van der Waals surface area contributed by atoms with Crippen molar-refractivity contribution in [3.05, 3.63) is 112 Å². The van der Waals surface area contributed by atoms with Crippen molar-refractivity contribution in [2.75, 3.05) is 0 Å². The Morgan fingerprint density at radius 1 is 0.851 bits per heavy atom. The molecule has 0 bridgehead atoms. The molecule has 4 aromatic carbocycles. The summed E-state index contributed by atoms with van der Waals surface area (Å²) in [6.07, 6.45) is 5.03. The van der Waals surface area contributed by atoms with E-state index in [1.165, 1.54) is 6.07 Å². The number of benzene rings is 4. The quantitative estimate of drug-likeness (QED) is 0.125. The van der Waals surface area contributed by atoms with Crippen LogP contribution in [0.2, 0.25) is 0 Å². The number of aromatic hydroxyl groups is 5. The summed E-state index contributed by atoms with van der Waals surface area (Å²) in [6.45, 7) is 5.96. The monoisotopic (exact) mass is 630 g/mol. The molecule has 0 amide bonds. The van der Waals surface area contributed by atoms with E-state index in [4.69, 9.17) is 13.9 Å². The Bertz CT molecular complexity index is 2170. The molecule has 0 fully saturated rings. The Labute approximate surface area is 271 Å². The number of fused-ring (bicyclic) bond motifs is 5. The number of ether oxygens (including phenoxy) is 2. The van der Waals surface area contributed by atoms with E-state index in [9.17, 15) is 25.5 Å². The highest BCUT2D eigenvalue weighted by atomic mass is 16.7. The standard InChI is InChI=1S/C39H34O8/c1-19(2)4-8-26-30(42)11-10-29(38(26)44)39-37-27(25-9-7-24(41)18-34(25)46-39)12-20(3)13-28(37)36-31(43)14-22(16-35(36)47-39)32-15-21-5-6-23(40)17-33(21)45-32/h4-7,9-11,13-18,27-28,37,40-44H,8,12H2,1-3H3/t27-,28-,37-,39+/m1/s1. The van der Waals surface area contributed by atoms with Gasteiger partial charge in [0.2, 0.25) is 0 Å². The molecule has 8 rings (SSSR count). The molecule has 3 aliphatic rings. The van der Waals surface area contributed by atoms with Crippen LogP contribution in [-0.2, 0) is 12.2 Å². The van der Waals surface area contributed by atoms with Crippen LogP contribution < -0.4 is 9.47 Å².